The summed E-state index contributed by atoms with van der Waals surface area (Å²) in [5.74, 6) is 0.142. The monoisotopic (exact) mass is 301 g/mol. The number of fused-ring (bicyclic) bond motifs is 1. The van der Waals surface area contributed by atoms with E-state index in [2.05, 4.69) is 20.5 Å². The number of morpholine rings is 1. The molecule has 1 aliphatic heterocycles. The Bertz CT molecular complexity index is 715. The Morgan fingerprint density at radius 2 is 2.09 bits per heavy atom. The molecular weight excluding hydrogens is 282 g/mol. The van der Waals surface area contributed by atoms with Gasteiger partial charge in [-0.25, -0.2) is 0 Å². The van der Waals surface area contributed by atoms with E-state index in [1.54, 1.807) is 6.21 Å². The number of carboxylic acids is 1. The molecule has 1 aromatic heterocycles. The van der Waals surface area contributed by atoms with Crippen LogP contribution in [-0.2, 0) is 16.6 Å². The van der Waals surface area contributed by atoms with Crippen LogP contribution < -0.4 is 4.90 Å². The van der Waals surface area contributed by atoms with E-state index in [4.69, 9.17) is 9.84 Å². The number of carboxylic acid groups (broad SMARTS) is 1. The number of hydrogen-bond donors (Lipinski definition) is 1. The minimum absolute atomic E-state index is 0.216. The van der Waals surface area contributed by atoms with Gasteiger partial charge >= 0.3 is 5.97 Å². The van der Waals surface area contributed by atoms with Crippen LogP contribution in [0.25, 0.3) is 10.9 Å². The Balaban J connectivity index is 2.09. The van der Waals surface area contributed by atoms with Crippen molar-refractivity contribution in [1.82, 2.24) is 4.57 Å². The standard InChI is InChI=1S/C16H19N3O3/c1-18-14-5-3-2-4-12(14)13(10-17-11-15(20)21)16(18)19-6-8-22-9-7-19/h2-5,10H,6-9,11H2,1H3,(H,20,21). The summed E-state index contributed by atoms with van der Waals surface area (Å²) in [7, 11) is 2.03. The molecule has 1 fully saturated rings. The first kappa shape index (κ1) is 14.6. The van der Waals surface area contributed by atoms with Crippen LogP contribution in [0.1, 0.15) is 5.56 Å². The molecular formula is C16H19N3O3. The summed E-state index contributed by atoms with van der Waals surface area (Å²) in [6.07, 6.45) is 1.68. The van der Waals surface area contributed by atoms with E-state index in [0.717, 1.165) is 35.4 Å². The van der Waals surface area contributed by atoms with Crippen LogP contribution in [0.5, 0.6) is 0 Å². The number of aryl methyl sites for hydroxylation is 1. The second kappa shape index (κ2) is 6.19. The Morgan fingerprint density at radius 3 is 2.82 bits per heavy atom. The highest BCUT2D eigenvalue weighted by Gasteiger charge is 2.21. The predicted octanol–water partition coefficient (Wildman–Crippen LogP) is 1.52. The molecule has 0 saturated carbocycles. The second-order valence-corrected chi connectivity index (χ2v) is 5.28. The van der Waals surface area contributed by atoms with Gasteiger partial charge < -0.3 is 19.3 Å². The lowest BCUT2D eigenvalue weighted by molar-refractivity contribution is -0.135. The maximum atomic E-state index is 10.7. The summed E-state index contributed by atoms with van der Waals surface area (Å²) in [4.78, 5) is 17.0. The van der Waals surface area contributed by atoms with Gasteiger partial charge in [-0.1, -0.05) is 18.2 Å². The van der Waals surface area contributed by atoms with Crippen molar-refractivity contribution in [2.24, 2.45) is 12.0 Å². The molecule has 1 saturated heterocycles. The average Bonchev–Trinajstić information content (AvgIpc) is 2.81. The van der Waals surface area contributed by atoms with Crippen molar-refractivity contribution in [3.63, 3.8) is 0 Å². The number of aromatic nitrogens is 1. The number of nitrogens with zero attached hydrogens (tertiary/aromatic N) is 3. The van der Waals surface area contributed by atoms with Gasteiger partial charge in [0.2, 0.25) is 0 Å². The molecule has 0 amide bonds. The number of anilines is 1. The summed E-state index contributed by atoms with van der Waals surface area (Å²) in [5.41, 5.74) is 2.09. The zero-order valence-corrected chi connectivity index (χ0v) is 12.5. The van der Waals surface area contributed by atoms with Crippen molar-refractivity contribution >= 4 is 28.9 Å². The number of carbonyl (C=O) groups is 1. The smallest absolute Gasteiger partial charge is 0.325 e. The van der Waals surface area contributed by atoms with Gasteiger partial charge in [0, 0.05) is 37.3 Å². The van der Waals surface area contributed by atoms with Gasteiger partial charge in [0.15, 0.2) is 0 Å². The van der Waals surface area contributed by atoms with Gasteiger partial charge in [0.05, 0.1) is 18.7 Å². The van der Waals surface area contributed by atoms with Crippen LogP contribution in [0, 0.1) is 0 Å². The summed E-state index contributed by atoms with van der Waals surface area (Å²) in [5, 5.41) is 9.87. The number of ether oxygens (including phenoxy) is 1. The Morgan fingerprint density at radius 1 is 1.36 bits per heavy atom. The largest absolute Gasteiger partial charge is 0.480 e. The number of para-hydroxylation sites is 1. The van der Waals surface area contributed by atoms with Crippen molar-refractivity contribution in [3.05, 3.63) is 29.8 Å². The van der Waals surface area contributed by atoms with Gasteiger partial charge in [-0.15, -0.1) is 0 Å². The molecule has 1 N–H and O–H groups in total. The summed E-state index contributed by atoms with van der Waals surface area (Å²) < 4.78 is 7.57. The Hall–Kier alpha value is -2.34. The van der Waals surface area contributed by atoms with Crippen molar-refractivity contribution < 1.29 is 14.6 Å². The molecule has 0 unspecified atom stereocenters. The maximum absolute atomic E-state index is 10.7. The Kier molecular flexibility index (Phi) is 4.11. The fourth-order valence-corrected chi connectivity index (χ4v) is 2.91. The summed E-state index contributed by atoms with van der Waals surface area (Å²) in [6, 6.07) is 8.10. The molecule has 6 nitrogen and oxygen atoms in total. The van der Waals surface area contributed by atoms with E-state index < -0.39 is 5.97 Å². The van der Waals surface area contributed by atoms with Crippen molar-refractivity contribution in [3.8, 4) is 0 Å². The first-order chi connectivity index (χ1) is 10.7. The van der Waals surface area contributed by atoms with E-state index in [9.17, 15) is 4.79 Å². The first-order valence-electron chi connectivity index (χ1n) is 7.30. The molecule has 2 aromatic rings. The number of aliphatic carboxylic acids is 1. The van der Waals surface area contributed by atoms with Gasteiger partial charge in [-0.05, 0) is 6.07 Å². The lowest BCUT2D eigenvalue weighted by Crippen LogP contribution is -2.37. The molecule has 2 heterocycles. The minimum Gasteiger partial charge on any atom is -0.480 e. The minimum atomic E-state index is -0.926. The van der Waals surface area contributed by atoms with E-state index in [-0.39, 0.29) is 6.54 Å². The van der Waals surface area contributed by atoms with Crippen LogP contribution >= 0.6 is 0 Å². The summed E-state index contributed by atoms with van der Waals surface area (Å²) >= 11 is 0. The molecule has 0 aliphatic carbocycles. The van der Waals surface area contributed by atoms with Gasteiger partial charge in [-0.3, -0.25) is 9.79 Å². The first-order valence-corrected chi connectivity index (χ1v) is 7.30. The third-order valence-corrected chi connectivity index (χ3v) is 3.87. The van der Waals surface area contributed by atoms with Crippen molar-refractivity contribution in [2.75, 3.05) is 37.7 Å². The molecule has 6 heteroatoms. The number of hydrogen-bond acceptors (Lipinski definition) is 4. The zero-order valence-electron chi connectivity index (χ0n) is 12.5. The number of benzene rings is 1. The van der Waals surface area contributed by atoms with Crippen LogP contribution in [0.15, 0.2) is 29.3 Å². The number of aliphatic imine (C=N–C) groups is 1. The molecule has 0 spiro atoms. The fourth-order valence-electron chi connectivity index (χ4n) is 2.91. The quantitative estimate of drug-likeness (QED) is 0.870. The highest BCUT2D eigenvalue weighted by molar-refractivity contribution is 6.05. The van der Waals surface area contributed by atoms with E-state index >= 15 is 0 Å². The van der Waals surface area contributed by atoms with Crippen LogP contribution in [0.3, 0.4) is 0 Å². The zero-order chi connectivity index (χ0) is 15.5. The molecule has 22 heavy (non-hydrogen) atoms. The van der Waals surface area contributed by atoms with Crippen molar-refractivity contribution in [2.45, 2.75) is 0 Å². The molecule has 0 atom stereocenters. The molecule has 1 aliphatic rings. The van der Waals surface area contributed by atoms with Gasteiger partial charge in [0.1, 0.15) is 12.4 Å². The Labute approximate surface area is 128 Å². The topological polar surface area (TPSA) is 67.1 Å². The normalized spacial score (nSPS) is 15.8. The van der Waals surface area contributed by atoms with Crippen LogP contribution in [-0.4, -0.2) is 54.7 Å². The van der Waals surface area contributed by atoms with Crippen molar-refractivity contribution in [1.29, 1.82) is 0 Å². The SMILES string of the molecule is Cn1c(N2CCOCC2)c(C=NCC(=O)O)c2ccccc21. The molecule has 1 aromatic carbocycles. The summed E-state index contributed by atoms with van der Waals surface area (Å²) in [6.45, 7) is 2.83. The maximum Gasteiger partial charge on any atom is 0.325 e. The van der Waals surface area contributed by atoms with E-state index in [1.807, 2.05) is 25.2 Å². The molecule has 116 valence electrons. The van der Waals surface area contributed by atoms with E-state index in [1.165, 1.54) is 0 Å². The van der Waals surface area contributed by atoms with E-state index in [0.29, 0.717) is 13.2 Å². The predicted molar refractivity (Wildman–Crippen MR) is 86.0 cm³/mol. The van der Waals surface area contributed by atoms with Crippen LogP contribution in [0.4, 0.5) is 5.82 Å². The van der Waals surface area contributed by atoms with Gasteiger partial charge in [0.25, 0.3) is 0 Å². The fraction of sp³-hybridized carbons (Fsp3) is 0.375. The lowest BCUT2D eigenvalue weighted by atomic mass is 10.1. The molecule has 0 bridgehead atoms. The van der Waals surface area contributed by atoms with Crippen LogP contribution in [0.2, 0.25) is 0 Å². The third kappa shape index (κ3) is 2.69. The molecule has 3 rings (SSSR count). The third-order valence-electron chi connectivity index (χ3n) is 3.87. The average molecular weight is 301 g/mol. The number of rotatable bonds is 4. The lowest BCUT2D eigenvalue weighted by Gasteiger charge is -2.29. The highest BCUT2D eigenvalue weighted by atomic mass is 16.5. The van der Waals surface area contributed by atoms with Gasteiger partial charge in [-0.2, -0.15) is 0 Å². The molecule has 0 radical (unpaired) electrons. The highest BCUT2D eigenvalue weighted by Crippen LogP contribution is 2.31. The second-order valence-electron chi connectivity index (χ2n) is 5.28.